The lowest BCUT2D eigenvalue weighted by Gasteiger charge is -2.24. The number of carbonyl (C=O) groups excluding carboxylic acids is 1. The number of quaternary nitrogens is 1. The van der Waals surface area contributed by atoms with Gasteiger partial charge in [-0.15, -0.1) is 0 Å². The number of esters is 1. The van der Waals surface area contributed by atoms with Gasteiger partial charge in [-0.05, 0) is 83.1 Å². The van der Waals surface area contributed by atoms with Gasteiger partial charge in [-0.2, -0.15) is 0 Å². The maximum absolute atomic E-state index is 12.7. The Hall–Kier alpha value is -2.78. The summed E-state index contributed by atoms with van der Waals surface area (Å²) in [6.07, 6.45) is 51.5. The molecule has 10 heteroatoms. The molecule has 0 spiro atoms. The number of carbonyl (C=O) groups is 1. The fourth-order valence-electron chi connectivity index (χ4n) is 5.33. The molecule has 0 aromatic rings. The number of allylic oxidation sites excluding steroid dienone is 14. The molecule has 0 heterocycles. The predicted octanol–water partition coefficient (Wildman–Crippen LogP) is 12.4. The number of phosphoric acid groups is 1. The number of aliphatic hydroxyl groups is 1. The molecule has 0 bridgehead atoms. The second-order valence-corrected chi connectivity index (χ2v) is 17.1. The summed E-state index contributed by atoms with van der Waals surface area (Å²) in [5.41, 5.74) is 0. The molecule has 0 aliphatic rings. The van der Waals surface area contributed by atoms with Crippen molar-refractivity contribution >= 4 is 13.8 Å². The Morgan fingerprint density at radius 3 is 1.76 bits per heavy atom. The van der Waals surface area contributed by atoms with Crippen LogP contribution in [0.15, 0.2) is 97.4 Å². The fraction of sp³-hybridized carbons (Fsp3) is 0.646. The zero-order valence-electron chi connectivity index (χ0n) is 37.1. The number of unbranched alkanes of at least 4 members (excludes halogenated alkanes) is 11. The molecule has 9 nitrogen and oxygen atoms in total. The number of hydrogen-bond donors (Lipinski definition) is 2. The molecule has 3 atom stereocenters. The first-order valence-electron chi connectivity index (χ1n) is 22.1. The molecule has 332 valence electrons. The molecular weight excluding hydrogens is 750 g/mol. The number of hydrogen-bond acceptors (Lipinski definition) is 7. The van der Waals surface area contributed by atoms with Crippen LogP contribution in [0.3, 0.4) is 0 Å². The van der Waals surface area contributed by atoms with E-state index in [9.17, 15) is 19.4 Å². The third kappa shape index (κ3) is 42.8. The molecule has 0 fully saturated rings. The van der Waals surface area contributed by atoms with Crippen molar-refractivity contribution in [3.05, 3.63) is 97.4 Å². The molecule has 58 heavy (non-hydrogen) atoms. The van der Waals surface area contributed by atoms with Crippen LogP contribution >= 0.6 is 7.82 Å². The van der Waals surface area contributed by atoms with Crippen LogP contribution in [0.2, 0.25) is 0 Å². The van der Waals surface area contributed by atoms with E-state index in [2.05, 4.69) is 74.6 Å². The molecule has 0 saturated carbocycles. The van der Waals surface area contributed by atoms with Crippen LogP contribution in [0.25, 0.3) is 0 Å². The van der Waals surface area contributed by atoms with E-state index in [1.807, 2.05) is 39.4 Å². The van der Waals surface area contributed by atoms with E-state index in [0.29, 0.717) is 11.0 Å². The Balaban J connectivity index is 4.57. The highest BCUT2D eigenvalue weighted by molar-refractivity contribution is 7.47. The number of ether oxygens (including phenoxy) is 2. The summed E-state index contributed by atoms with van der Waals surface area (Å²) in [6.45, 7) is 4.49. The Morgan fingerprint density at radius 2 is 1.19 bits per heavy atom. The van der Waals surface area contributed by atoms with Crippen LogP contribution in [0.1, 0.15) is 142 Å². The minimum Gasteiger partial charge on any atom is -0.498 e. The standard InChI is InChI=1S/C48H82NO8P/c1-6-8-10-12-14-16-18-20-22-24-26-28-30-32-34-36-38-46(50)39-40-48(51)57-47(45-56-58(52,53)55-43-41-49(3,4)5)44-54-42-37-35-33-31-29-27-25-23-21-19-17-15-13-11-9-7-2/h8,10,14,16-17,19-20,22,26,28,32,34,36-38,42,46-47,50H,6-7,9,11-13,15,18,21,23-25,27,29-31,33,35,39-41,43-45H2,1-5H3/p+1/b10-8-,16-14-,19-17-,22-20-,28-26-,34-32-,38-36-,42-37+/t46?,47-/m1/s1. The number of aliphatic hydroxyl groups excluding tert-OH is 1. The summed E-state index contributed by atoms with van der Waals surface area (Å²) in [4.78, 5) is 22.9. The van der Waals surface area contributed by atoms with Crippen molar-refractivity contribution in [2.24, 2.45) is 0 Å². The Bertz CT molecular complexity index is 1260. The van der Waals surface area contributed by atoms with E-state index in [1.54, 1.807) is 18.4 Å². The zero-order chi connectivity index (χ0) is 42.8. The van der Waals surface area contributed by atoms with Gasteiger partial charge in [-0.1, -0.05) is 144 Å². The average molecular weight is 833 g/mol. The van der Waals surface area contributed by atoms with Gasteiger partial charge in [0.1, 0.15) is 19.8 Å². The minimum atomic E-state index is -4.37. The summed E-state index contributed by atoms with van der Waals surface area (Å²) in [6, 6.07) is 0. The van der Waals surface area contributed by atoms with E-state index in [0.717, 1.165) is 51.4 Å². The first kappa shape index (κ1) is 55.2. The van der Waals surface area contributed by atoms with Gasteiger partial charge in [0.2, 0.25) is 0 Å². The highest BCUT2D eigenvalue weighted by Crippen LogP contribution is 2.43. The van der Waals surface area contributed by atoms with E-state index in [1.165, 1.54) is 64.2 Å². The first-order chi connectivity index (χ1) is 28.0. The van der Waals surface area contributed by atoms with Gasteiger partial charge in [0.05, 0.1) is 40.1 Å². The predicted molar refractivity (Wildman–Crippen MR) is 243 cm³/mol. The summed E-state index contributed by atoms with van der Waals surface area (Å²) >= 11 is 0. The molecule has 0 aliphatic heterocycles. The van der Waals surface area contributed by atoms with E-state index >= 15 is 0 Å². The monoisotopic (exact) mass is 833 g/mol. The highest BCUT2D eigenvalue weighted by atomic mass is 31.2. The number of rotatable bonds is 39. The van der Waals surface area contributed by atoms with Gasteiger partial charge in [-0.3, -0.25) is 13.8 Å². The SMILES string of the molecule is CC/C=C\C/C=C\C/C=C\C/C=C\C/C=C\C=C/C(O)CCC(=O)O[C@H](CO/C=C/CCCCCCCC/C=C\CCCCCC)COP(=O)(O)OCC[N+](C)(C)C. The van der Waals surface area contributed by atoms with E-state index in [-0.39, 0.29) is 32.7 Å². The van der Waals surface area contributed by atoms with Gasteiger partial charge in [0, 0.05) is 6.42 Å². The lowest BCUT2D eigenvalue weighted by atomic mass is 10.1. The van der Waals surface area contributed by atoms with Gasteiger partial charge < -0.3 is 24.0 Å². The van der Waals surface area contributed by atoms with Gasteiger partial charge in [0.15, 0.2) is 6.10 Å². The maximum Gasteiger partial charge on any atom is 0.472 e. The average Bonchev–Trinajstić information content (AvgIpc) is 3.17. The molecule has 2 N–H and O–H groups in total. The Kier molecular flexibility index (Phi) is 37.8. The molecule has 0 saturated heterocycles. The third-order valence-electron chi connectivity index (χ3n) is 8.81. The van der Waals surface area contributed by atoms with Crippen LogP contribution < -0.4 is 0 Å². The van der Waals surface area contributed by atoms with Crippen molar-refractivity contribution in [1.82, 2.24) is 0 Å². The molecule has 0 aromatic heterocycles. The first-order valence-corrected chi connectivity index (χ1v) is 23.6. The summed E-state index contributed by atoms with van der Waals surface area (Å²) in [5, 5.41) is 10.4. The molecule has 0 aliphatic carbocycles. The van der Waals surface area contributed by atoms with Crippen LogP contribution in [-0.4, -0.2) is 80.2 Å². The molecule has 2 unspecified atom stereocenters. The lowest BCUT2D eigenvalue weighted by molar-refractivity contribution is -0.870. The van der Waals surface area contributed by atoms with Crippen molar-refractivity contribution in [2.45, 2.75) is 154 Å². The third-order valence-corrected chi connectivity index (χ3v) is 9.80. The quantitative estimate of drug-likeness (QED) is 0.0120. The molecular formula is C48H83NO8P+. The van der Waals surface area contributed by atoms with Crippen molar-refractivity contribution in [3.63, 3.8) is 0 Å². The molecule has 0 radical (unpaired) electrons. The van der Waals surface area contributed by atoms with Crippen LogP contribution in [0, 0.1) is 0 Å². The number of phosphoric ester groups is 1. The topological polar surface area (TPSA) is 112 Å². The largest absolute Gasteiger partial charge is 0.498 e. The number of nitrogens with zero attached hydrogens (tertiary/aromatic N) is 1. The molecule has 0 rings (SSSR count). The van der Waals surface area contributed by atoms with Gasteiger partial charge >= 0.3 is 13.8 Å². The Morgan fingerprint density at radius 1 is 0.655 bits per heavy atom. The minimum absolute atomic E-state index is 0.0304. The maximum atomic E-state index is 12.7. The van der Waals surface area contributed by atoms with Crippen molar-refractivity contribution in [2.75, 3.05) is 47.5 Å². The van der Waals surface area contributed by atoms with Gasteiger partial charge in [-0.25, -0.2) is 4.57 Å². The van der Waals surface area contributed by atoms with E-state index in [4.69, 9.17) is 18.5 Å². The second-order valence-electron chi connectivity index (χ2n) is 15.6. The van der Waals surface area contributed by atoms with Crippen LogP contribution in [0.5, 0.6) is 0 Å². The van der Waals surface area contributed by atoms with Crippen molar-refractivity contribution in [3.8, 4) is 0 Å². The van der Waals surface area contributed by atoms with Crippen molar-refractivity contribution < 1.29 is 42.4 Å². The zero-order valence-corrected chi connectivity index (χ0v) is 38.0. The Labute approximate surface area is 354 Å². The van der Waals surface area contributed by atoms with Crippen LogP contribution in [0.4, 0.5) is 0 Å². The van der Waals surface area contributed by atoms with E-state index < -0.39 is 26.0 Å². The normalized spacial score (nSPS) is 15.2. The fourth-order valence-corrected chi connectivity index (χ4v) is 6.07. The molecule has 0 amide bonds. The highest BCUT2D eigenvalue weighted by Gasteiger charge is 2.26. The number of likely N-dealkylation sites (N-methyl/N-ethyl adjacent to an activating group) is 1. The van der Waals surface area contributed by atoms with Crippen LogP contribution in [-0.2, 0) is 27.9 Å². The summed E-state index contributed by atoms with van der Waals surface area (Å²) in [5.74, 6) is -0.569. The smallest absolute Gasteiger partial charge is 0.472 e. The molecule has 0 aromatic carbocycles. The summed E-state index contributed by atoms with van der Waals surface area (Å²) in [7, 11) is 1.47. The second kappa shape index (κ2) is 39.7. The van der Waals surface area contributed by atoms with Crippen molar-refractivity contribution in [1.29, 1.82) is 0 Å². The lowest BCUT2D eigenvalue weighted by Crippen LogP contribution is -2.37. The van der Waals surface area contributed by atoms with Gasteiger partial charge in [0.25, 0.3) is 0 Å². The summed E-state index contributed by atoms with van der Waals surface area (Å²) < 4.78 is 34.5.